The van der Waals surface area contributed by atoms with Crippen LogP contribution in [-0.4, -0.2) is 71.1 Å². The van der Waals surface area contributed by atoms with E-state index in [1.54, 1.807) is 11.8 Å². The number of hydrogen-bond acceptors (Lipinski definition) is 6. The molecule has 1 aliphatic heterocycles. The molecule has 0 bridgehead atoms. The van der Waals surface area contributed by atoms with E-state index in [2.05, 4.69) is 15.3 Å². The van der Waals surface area contributed by atoms with Crippen molar-refractivity contribution in [3.8, 4) is 0 Å². The Morgan fingerprint density at radius 2 is 1.85 bits per heavy atom. The van der Waals surface area contributed by atoms with Gasteiger partial charge in [0.05, 0.1) is 0 Å². The summed E-state index contributed by atoms with van der Waals surface area (Å²) in [4.78, 5) is 22.5. The standard InChI is InChI=1S/C13H18F3N5O.CHF3O/c1-9(12(22)21-4-3-5-21)19-10-6-11(18-8-17-10)20(2)7-13(14,15)16;2-1(3,4)5/h6,8-9H,3-5,7H2,1-2H3,(H,17,18,19);5H/t9-;/m1./s1. The van der Waals surface area contributed by atoms with E-state index in [0.717, 1.165) is 24.4 Å². The van der Waals surface area contributed by atoms with Crippen LogP contribution in [0.1, 0.15) is 13.3 Å². The number of nitrogens with one attached hydrogen (secondary N) is 1. The lowest BCUT2D eigenvalue weighted by molar-refractivity contribution is -0.295. The van der Waals surface area contributed by atoms with Crippen molar-refractivity contribution in [2.45, 2.75) is 31.9 Å². The molecule has 0 aromatic carbocycles. The van der Waals surface area contributed by atoms with Crippen molar-refractivity contribution in [1.29, 1.82) is 0 Å². The van der Waals surface area contributed by atoms with Gasteiger partial charge in [-0.15, -0.1) is 13.2 Å². The maximum absolute atomic E-state index is 12.4. The normalized spacial score (nSPS) is 15.2. The molecule has 0 radical (unpaired) electrons. The van der Waals surface area contributed by atoms with Gasteiger partial charge in [-0.3, -0.25) is 4.79 Å². The Morgan fingerprint density at radius 1 is 1.30 bits per heavy atom. The molecule has 27 heavy (non-hydrogen) atoms. The first-order chi connectivity index (χ1) is 12.3. The molecule has 13 heteroatoms. The maximum Gasteiger partial charge on any atom is 0.519 e. The minimum Gasteiger partial charge on any atom is -0.358 e. The smallest absolute Gasteiger partial charge is 0.358 e. The number of hydrogen-bond donors (Lipinski definition) is 2. The fourth-order valence-electron chi connectivity index (χ4n) is 2.08. The highest BCUT2D eigenvalue weighted by Gasteiger charge is 2.30. The molecule has 1 aliphatic rings. The van der Waals surface area contributed by atoms with Crippen molar-refractivity contribution >= 4 is 17.5 Å². The molecule has 154 valence electrons. The molecule has 1 aromatic heterocycles. The SMILES string of the molecule is C[C@@H](Nc1cc(N(C)CC(F)(F)F)ncn1)C(=O)N1CCC1.OC(F)(F)F. The number of alkyl halides is 6. The van der Waals surface area contributed by atoms with Crippen LogP contribution in [0.15, 0.2) is 12.4 Å². The van der Waals surface area contributed by atoms with Crippen molar-refractivity contribution in [2.24, 2.45) is 0 Å². The van der Waals surface area contributed by atoms with Crippen LogP contribution in [0, 0.1) is 0 Å². The van der Waals surface area contributed by atoms with Gasteiger partial charge in [-0.05, 0) is 13.3 Å². The molecule has 1 fully saturated rings. The van der Waals surface area contributed by atoms with Gasteiger partial charge in [0, 0.05) is 26.2 Å². The minimum atomic E-state index is -5.00. The highest BCUT2D eigenvalue weighted by molar-refractivity contribution is 5.84. The monoisotopic (exact) mass is 403 g/mol. The number of amides is 1. The number of likely N-dealkylation sites (tertiary alicyclic amines) is 1. The van der Waals surface area contributed by atoms with Gasteiger partial charge in [0.15, 0.2) is 0 Å². The zero-order chi connectivity index (χ0) is 20.8. The molecule has 7 nitrogen and oxygen atoms in total. The number of carbonyl (C=O) groups is 1. The van der Waals surface area contributed by atoms with E-state index in [0.29, 0.717) is 5.82 Å². The average Bonchev–Trinajstić information content (AvgIpc) is 2.42. The minimum absolute atomic E-state index is 0.0462. The zero-order valence-electron chi connectivity index (χ0n) is 14.5. The lowest BCUT2D eigenvalue weighted by Gasteiger charge is -2.33. The van der Waals surface area contributed by atoms with Gasteiger partial charge in [0.1, 0.15) is 30.5 Å². The Balaban J connectivity index is 0.000000646. The molecule has 2 rings (SSSR count). The van der Waals surface area contributed by atoms with Gasteiger partial charge in [0.2, 0.25) is 5.91 Å². The van der Waals surface area contributed by atoms with E-state index >= 15 is 0 Å². The van der Waals surface area contributed by atoms with Crippen LogP contribution >= 0.6 is 0 Å². The topological polar surface area (TPSA) is 81.6 Å². The van der Waals surface area contributed by atoms with Crippen LogP contribution in [0.5, 0.6) is 0 Å². The molecule has 2 N–H and O–H groups in total. The third-order valence-electron chi connectivity index (χ3n) is 3.36. The van der Waals surface area contributed by atoms with E-state index in [1.807, 2.05) is 0 Å². The summed E-state index contributed by atoms with van der Waals surface area (Å²) in [5.41, 5.74) is 0. The van der Waals surface area contributed by atoms with Gasteiger partial charge >= 0.3 is 12.5 Å². The highest BCUT2D eigenvalue weighted by Crippen LogP contribution is 2.21. The Hall–Kier alpha value is -2.31. The van der Waals surface area contributed by atoms with Gasteiger partial charge < -0.3 is 20.2 Å². The van der Waals surface area contributed by atoms with Crippen LogP contribution in [0.25, 0.3) is 0 Å². The van der Waals surface area contributed by atoms with Crippen LogP contribution in [0.4, 0.5) is 38.0 Å². The summed E-state index contributed by atoms with van der Waals surface area (Å²) in [6, 6.07) is 0.905. The van der Waals surface area contributed by atoms with E-state index in [-0.39, 0.29) is 11.7 Å². The second-order valence-electron chi connectivity index (χ2n) is 5.75. The van der Waals surface area contributed by atoms with Gasteiger partial charge in [-0.2, -0.15) is 13.2 Å². The number of carbonyl (C=O) groups excluding carboxylic acids is 1. The van der Waals surface area contributed by atoms with E-state index < -0.39 is 25.1 Å². The lowest BCUT2D eigenvalue weighted by Crippen LogP contribution is -2.48. The Labute approximate surface area is 151 Å². The Morgan fingerprint density at radius 3 is 2.30 bits per heavy atom. The highest BCUT2D eigenvalue weighted by atomic mass is 19.4. The summed E-state index contributed by atoms with van der Waals surface area (Å²) in [7, 11) is 1.30. The van der Waals surface area contributed by atoms with Crippen molar-refractivity contribution in [3.63, 3.8) is 0 Å². The van der Waals surface area contributed by atoms with Crippen molar-refractivity contribution in [1.82, 2.24) is 14.9 Å². The molecule has 2 heterocycles. The number of anilines is 2. The first-order valence-corrected chi connectivity index (χ1v) is 7.70. The van der Waals surface area contributed by atoms with Crippen molar-refractivity contribution in [3.05, 3.63) is 12.4 Å². The summed E-state index contributed by atoms with van der Waals surface area (Å²) in [5, 5.41) is 9.42. The third-order valence-corrected chi connectivity index (χ3v) is 3.36. The van der Waals surface area contributed by atoms with E-state index in [1.165, 1.54) is 19.4 Å². The van der Waals surface area contributed by atoms with Gasteiger partial charge in [-0.1, -0.05) is 0 Å². The quantitative estimate of drug-likeness (QED) is 0.733. The summed E-state index contributed by atoms with van der Waals surface area (Å²) in [6.07, 6.45) is -7.14. The maximum atomic E-state index is 12.4. The van der Waals surface area contributed by atoms with E-state index in [4.69, 9.17) is 5.11 Å². The largest absolute Gasteiger partial charge is 0.519 e. The molecule has 0 saturated carbocycles. The Kier molecular flexibility index (Phi) is 7.63. The van der Waals surface area contributed by atoms with Gasteiger partial charge in [-0.25, -0.2) is 9.97 Å². The fourth-order valence-corrected chi connectivity index (χ4v) is 2.08. The number of nitrogens with zero attached hydrogens (tertiary/aromatic N) is 4. The number of rotatable bonds is 5. The van der Waals surface area contributed by atoms with Crippen LogP contribution in [0.3, 0.4) is 0 Å². The number of halogens is 6. The molecule has 1 saturated heterocycles. The summed E-state index contributed by atoms with van der Waals surface area (Å²) in [5.74, 6) is 0.411. The number of aromatic nitrogens is 2. The molecule has 0 unspecified atom stereocenters. The molecule has 1 amide bonds. The first kappa shape index (κ1) is 22.7. The van der Waals surface area contributed by atoms with Crippen LogP contribution in [0.2, 0.25) is 0 Å². The molecule has 1 aromatic rings. The Bertz CT molecular complexity index is 615. The second-order valence-corrected chi connectivity index (χ2v) is 5.75. The average molecular weight is 403 g/mol. The molecular formula is C14H19F6N5O2. The van der Waals surface area contributed by atoms with Crippen molar-refractivity contribution < 1.29 is 36.2 Å². The van der Waals surface area contributed by atoms with E-state index in [9.17, 15) is 31.1 Å². The third kappa shape index (κ3) is 9.26. The number of aliphatic hydroxyl groups is 1. The summed E-state index contributed by atoms with van der Waals surface area (Å²) >= 11 is 0. The molecule has 1 atom stereocenters. The predicted octanol–water partition coefficient (Wildman–Crippen LogP) is 2.01. The zero-order valence-corrected chi connectivity index (χ0v) is 14.5. The van der Waals surface area contributed by atoms with Crippen LogP contribution < -0.4 is 10.2 Å². The first-order valence-electron chi connectivity index (χ1n) is 7.70. The molecule has 0 aliphatic carbocycles. The predicted molar refractivity (Wildman–Crippen MR) is 83.9 cm³/mol. The van der Waals surface area contributed by atoms with Crippen LogP contribution in [-0.2, 0) is 4.79 Å². The lowest BCUT2D eigenvalue weighted by atomic mass is 10.2. The second kappa shape index (κ2) is 9.06. The summed E-state index contributed by atoms with van der Waals surface area (Å²) in [6.45, 7) is 2.08. The molecular weight excluding hydrogens is 384 g/mol. The fraction of sp³-hybridized carbons (Fsp3) is 0.643. The van der Waals surface area contributed by atoms with Gasteiger partial charge in [0.25, 0.3) is 0 Å². The van der Waals surface area contributed by atoms with Crippen molar-refractivity contribution in [2.75, 3.05) is 36.9 Å². The molecule has 0 spiro atoms. The summed E-state index contributed by atoms with van der Waals surface area (Å²) < 4.78 is 66.9.